The molecule has 2 atom stereocenters. The first kappa shape index (κ1) is 23.1. The van der Waals surface area contributed by atoms with Crippen molar-refractivity contribution in [3.63, 3.8) is 0 Å². The summed E-state index contributed by atoms with van der Waals surface area (Å²) in [5.41, 5.74) is 3.35. The van der Waals surface area contributed by atoms with Crippen LogP contribution in [0.5, 0.6) is 0 Å². The lowest BCUT2D eigenvalue weighted by Gasteiger charge is -2.35. The number of aromatic nitrogens is 4. The highest BCUT2D eigenvalue weighted by Gasteiger charge is 2.34. The number of anilines is 2. The van der Waals surface area contributed by atoms with E-state index in [4.69, 9.17) is 14.7 Å². The molecule has 0 spiro atoms. The molecule has 4 heterocycles. The van der Waals surface area contributed by atoms with Gasteiger partial charge in [-0.15, -0.1) is 0 Å². The van der Waals surface area contributed by atoms with Crippen LogP contribution in [0.15, 0.2) is 53.5 Å². The molecule has 2 aromatic heterocycles. The quantitative estimate of drug-likeness (QED) is 0.558. The van der Waals surface area contributed by atoms with Crippen molar-refractivity contribution in [3.05, 3.63) is 77.0 Å². The monoisotopic (exact) mass is 479 g/mol. The molecule has 0 aliphatic carbocycles. The molecule has 5 rings (SSSR count). The Morgan fingerprint density at radius 3 is 2.80 bits per heavy atom. The molecule has 182 valence electrons. The molecule has 0 bridgehead atoms. The highest BCUT2D eigenvalue weighted by molar-refractivity contribution is 6.03. The molecule has 2 aliphatic rings. The number of nitrogens with one attached hydrogen (secondary N) is 1. The SMILES string of the molecule is COC[C@@H]1CN2CC(c3nc(Nc4ccnn4C)ncc3C)=NC2=CC1Cc1ccc(F)c(F)c1. The first-order valence-corrected chi connectivity index (χ1v) is 11.5. The van der Waals surface area contributed by atoms with Crippen molar-refractivity contribution in [2.45, 2.75) is 13.3 Å². The van der Waals surface area contributed by atoms with Gasteiger partial charge < -0.3 is 15.0 Å². The molecule has 8 nitrogen and oxygen atoms in total. The van der Waals surface area contributed by atoms with E-state index in [-0.39, 0.29) is 11.8 Å². The van der Waals surface area contributed by atoms with Gasteiger partial charge in [0, 0.05) is 38.9 Å². The van der Waals surface area contributed by atoms with Crippen molar-refractivity contribution < 1.29 is 13.5 Å². The Bertz CT molecular complexity index is 1300. The van der Waals surface area contributed by atoms with Crippen LogP contribution < -0.4 is 5.32 Å². The number of fused-ring (bicyclic) bond motifs is 1. The maximum atomic E-state index is 13.8. The molecule has 3 aromatic rings. The van der Waals surface area contributed by atoms with Crippen LogP contribution in [0.3, 0.4) is 0 Å². The summed E-state index contributed by atoms with van der Waals surface area (Å²) in [6.45, 7) is 3.92. The number of aliphatic imine (C=N–C) groups is 1. The second kappa shape index (κ2) is 9.53. The number of hydrogen-bond acceptors (Lipinski definition) is 7. The first-order chi connectivity index (χ1) is 16.9. The third kappa shape index (κ3) is 4.79. The van der Waals surface area contributed by atoms with E-state index < -0.39 is 11.6 Å². The van der Waals surface area contributed by atoms with Gasteiger partial charge in [-0.2, -0.15) is 5.10 Å². The van der Waals surface area contributed by atoms with Crippen molar-refractivity contribution in [2.75, 3.05) is 32.1 Å². The van der Waals surface area contributed by atoms with Crippen molar-refractivity contribution in [3.8, 4) is 0 Å². The predicted octanol–water partition coefficient (Wildman–Crippen LogP) is 3.62. The van der Waals surface area contributed by atoms with Crippen molar-refractivity contribution >= 4 is 17.5 Å². The number of aryl methyl sites for hydroxylation is 2. The molecule has 0 saturated carbocycles. The molecule has 0 saturated heterocycles. The number of benzene rings is 1. The van der Waals surface area contributed by atoms with Crippen LogP contribution in [0, 0.1) is 30.4 Å². The number of methoxy groups -OCH3 is 1. The summed E-state index contributed by atoms with van der Waals surface area (Å²) in [6.07, 6.45) is 6.19. The van der Waals surface area contributed by atoms with E-state index in [1.165, 1.54) is 12.1 Å². The highest BCUT2D eigenvalue weighted by atomic mass is 19.2. The lowest BCUT2D eigenvalue weighted by molar-refractivity contribution is 0.104. The fourth-order valence-electron chi connectivity index (χ4n) is 4.64. The Hall–Kier alpha value is -3.66. The van der Waals surface area contributed by atoms with Crippen molar-refractivity contribution in [2.24, 2.45) is 23.9 Å². The van der Waals surface area contributed by atoms with Crippen LogP contribution in [-0.2, 0) is 18.2 Å². The summed E-state index contributed by atoms with van der Waals surface area (Å²) in [7, 11) is 3.52. The molecule has 35 heavy (non-hydrogen) atoms. The number of halogens is 2. The average Bonchev–Trinajstić information content (AvgIpc) is 3.43. The number of ether oxygens (including phenoxy) is 1. The van der Waals surface area contributed by atoms with Crippen LogP contribution in [0.4, 0.5) is 20.5 Å². The van der Waals surface area contributed by atoms with Gasteiger partial charge in [-0.1, -0.05) is 6.07 Å². The van der Waals surface area contributed by atoms with Gasteiger partial charge in [0.05, 0.1) is 30.8 Å². The largest absolute Gasteiger partial charge is 0.384 e. The molecule has 2 aliphatic heterocycles. The van der Waals surface area contributed by atoms with Gasteiger partial charge in [-0.3, -0.25) is 4.68 Å². The van der Waals surface area contributed by atoms with Crippen LogP contribution >= 0.6 is 0 Å². The molecule has 10 heteroatoms. The van der Waals surface area contributed by atoms with Gasteiger partial charge >= 0.3 is 0 Å². The fraction of sp³-hybridized carbons (Fsp3) is 0.360. The van der Waals surface area contributed by atoms with E-state index in [1.54, 1.807) is 30.3 Å². The summed E-state index contributed by atoms with van der Waals surface area (Å²) in [4.78, 5) is 16.3. The normalized spacial score (nSPS) is 19.4. The minimum absolute atomic E-state index is 0.0859. The zero-order valence-electron chi connectivity index (χ0n) is 19.9. The number of allylic oxidation sites excluding steroid dienone is 1. The van der Waals surface area contributed by atoms with Gasteiger partial charge in [-0.05, 0) is 48.6 Å². The lowest BCUT2D eigenvalue weighted by atomic mass is 9.84. The lowest BCUT2D eigenvalue weighted by Crippen LogP contribution is -2.38. The van der Waals surface area contributed by atoms with Gasteiger partial charge in [0.2, 0.25) is 5.95 Å². The van der Waals surface area contributed by atoms with Crippen LogP contribution in [0.25, 0.3) is 0 Å². The Morgan fingerprint density at radius 2 is 2.06 bits per heavy atom. The Morgan fingerprint density at radius 1 is 1.20 bits per heavy atom. The van der Waals surface area contributed by atoms with Crippen LogP contribution in [-0.4, -0.2) is 57.2 Å². The molecule has 1 aromatic carbocycles. The minimum atomic E-state index is -0.835. The minimum Gasteiger partial charge on any atom is -0.384 e. The Balaban J connectivity index is 1.41. The average molecular weight is 480 g/mol. The van der Waals surface area contributed by atoms with E-state index >= 15 is 0 Å². The molecular weight excluding hydrogens is 452 g/mol. The Labute approximate surface area is 202 Å². The van der Waals surface area contributed by atoms with Crippen molar-refractivity contribution in [1.29, 1.82) is 0 Å². The summed E-state index contributed by atoms with van der Waals surface area (Å²) in [6, 6.07) is 5.94. The molecule has 1 N–H and O–H groups in total. The van der Waals surface area contributed by atoms with E-state index in [9.17, 15) is 8.78 Å². The predicted molar refractivity (Wildman–Crippen MR) is 128 cm³/mol. The highest BCUT2D eigenvalue weighted by Crippen LogP contribution is 2.33. The molecule has 0 fully saturated rings. The van der Waals surface area contributed by atoms with Gasteiger partial charge in [0.15, 0.2) is 11.6 Å². The summed E-state index contributed by atoms with van der Waals surface area (Å²) >= 11 is 0. The zero-order valence-corrected chi connectivity index (χ0v) is 19.9. The van der Waals surface area contributed by atoms with Crippen LogP contribution in [0.2, 0.25) is 0 Å². The molecule has 0 radical (unpaired) electrons. The second-order valence-corrected chi connectivity index (χ2v) is 8.99. The summed E-state index contributed by atoms with van der Waals surface area (Å²) in [5.74, 6) is 0.756. The third-order valence-electron chi connectivity index (χ3n) is 6.48. The smallest absolute Gasteiger partial charge is 0.228 e. The summed E-state index contributed by atoms with van der Waals surface area (Å²) in [5, 5.41) is 7.35. The number of nitrogens with zero attached hydrogens (tertiary/aromatic N) is 6. The molecule has 0 amide bonds. The van der Waals surface area contributed by atoms with E-state index in [1.807, 2.05) is 20.0 Å². The number of hydrogen-bond donors (Lipinski definition) is 1. The first-order valence-electron chi connectivity index (χ1n) is 11.5. The van der Waals surface area contributed by atoms with Gasteiger partial charge in [-0.25, -0.2) is 23.7 Å². The maximum absolute atomic E-state index is 13.8. The second-order valence-electron chi connectivity index (χ2n) is 8.99. The summed E-state index contributed by atoms with van der Waals surface area (Å²) < 4.78 is 34.4. The van der Waals surface area contributed by atoms with E-state index in [0.29, 0.717) is 25.5 Å². The van der Waals surface area contributed by atoms with E-state index in [2.05, 4.69) is 26.4 Å². The van der Waals surface area contributed by atoms with Crippen molar-refractivity contribution in [1.82, 2.24) is 24.6 Å². The van der Waals surface area contributed by atoms with Gasteiger partial charge in [0.1, 0.15) is 11.6 Å². The third-order valence-corrected chi connectivity index (χ3v) is 6.48. The zero-order chi connectivity index (χ0) is 24.5. The molecule has 1 unspecified atom stereocenters. The topological polar surface area (TPSA) is 80.5 Å². The van der Waals surface area contributed by atoms with Crippen LogP contribution in [0.1, 0.15) is 16.8 Å². The number of rotatable bonds is 7. The molecular formula is C25H27F2N7O. The van der Waals surface area contributed by atoms with Gasteiger partial charge in [0.25, 0.3) is 0 Å². The maximum Gasteiger partial charge on any atom is 0.228 e. The van der Waals surface area contributed by atoms with E-state index in [0.717, 1.165) is 40.7 Å². The fourth-order valence-corrected chi connectivity index (χ4v) is 4.64. The standard InChI is InChI=1S/C25H27F2N7O/c1-15-11-28-25(31-22-6-7-29-33(22)2)32-24(15)21-13-34-12-18(14-35-3)17(10-23(34)30-21)8-16-4-5-19(26)20(27)9-16/h4-7,9-11,17-18H,8,12-14H2,1-3H3,(H,28,31,32)/t17?,18-/m0/s1. The Kier molecular flexibility index (Phi) is 6.29.